The first-order chi connectivity index (χ1) is 5.79. The maximum atomic E-state index is 5.89. The van der Waals surface area contributed by atoms with E-state index in [1.54, 1.807) is 0 Å². The van der Waals surface area contributed by atoms with Crippen LogP contribution in [-0.4, -0.2) is 0 Å². The van der Waals surface area contributed by atoms with Crippen LogP contribution in [0.5, 0.6) is 0 Å². The van der Waals surface area contributed by atoms with Crippen LogP contribution in [-0.2, 0) is 12.8 Å². The van der Waals surface area contributed by atoms with Crippen molar-refractivity contribution in [1.29, 1.82) is 0 Å². The van der Waals surface area contributed by atoms with Crippen LogP contribution in [0.4, 0.5) is 0 Å². The Balaban J connectivity index is 2.49. The number of rotatable bonds is 1. The summed E-state index contributed by atoms with van der Waals surface area (Å²) >= 11 is 0. The highest BCUT2D eigenvalue weighted by Gasteiger charge is 2.15. The Labute approximate surface area is 73.6 Å². The van der Waals surface area contributed by atoms with Crippen LogP contribution in [0.2, 0.25) is 0 Å². The quantitative estimate of drug-likeness (QED) is 0.671. The molecule has 0 aliphatic heterocycles. The fourth-order valence-corrected chi connectivity index (χ4v) is 2.08. The second-order valence-electron chi connectivity index (χ2n) is 3.63. The van der Waals surface area contributed by atoms with Gasteiger partial charge in [-0.3, -0.25) is 0 Å². The Hall–Kier alpha value is -0.820. The third-order valence-electron chi connectivity index (χ3n) is 2.67. The van der Waals surface area contributed by atoms with Crippen molar-refractivity contribution in [2.24, 2.45) is 5.73 Å². The summed E-state index contributed by atoms with van der Waals surface area (Å²) in [4.78, 5) is 0. The van der Waals surface area contributed by atoms with Crippen molar-refractivity contribution in [2.45, 2.75) is 32.2 Å². The Bertz CT molecular complexity index is 289. The van der Waals surface area contributed by atoms with Gasteiger partial charge in [0.15, 0.2) is 0 Å². The topological polar surface area (TPSA) is 26.0 Å². The summed E-state index contributed by atoms with van der Waals surface area (Å²) in [6.07, 6.45) is 3.78. The van der Waals surface area contributed by atoms with E-state index in [-0.39, 0.29) is 6.04 Å². The molecule has 0 saturated carbocycles. The van der Waals surface area contributed by atoms with Gasteiger partial charge in [-0.25, -0.2) is 0 Å². The minimum Gasteiger partial charge on any atom is -0.324 e. The molecule has 2 rings (SSSR count). The fourth-order valence-electron chi connectivity index (χ4n) is 2.08. The number of hydrogen-bond acceptors (Lipinski definition) is 1. The van der Waals surface area contributed by atoms with Crippen molar-refractivity contribution in [3.63, 3.8) is 0 Å². The first-order valence-corrected chi connectivity index (χ1v) is 4.65. The third-order valence-corrected chi connectivity index (χ3v) is 2.67. The molecule has 0 saturated heterocycles. The molecule has 1 aromatic rings. The lowest BCUT2D eigenvalue weighted by molar-refractivity contribution is 0.799. The summed E-state index contributed by atoms with van der Waals surface area (Å²) in [6.45, 7) is 2.06. The van der Waals surface area contributed by atoms with Gasteiger partial charge in [0, 0.05) is 6.04 Å². The van der Waals surface area contributed by atoms with Gasteiger partial charge < -0.3 is 5.73 Å². The lowest BCUT2D eigenvalue weighted by Gasteiger charge is -2.10. The molecule has 1 heteroatoms. The molecule has 2 N–H and O–H groups in total. The molecule has 0 bridgehead atoms. The zero-order valence-electron chi connectivity index (χ0n) is 7.51. The van der Waals surface area contributed by atoms with Gasteiger partial charge in [-0.05, 0) is 42.9 Å². The lowest BCUT2D eigenvalue weighted by atomic mass is 9.99. The van der Waals surface area contributed by atoms with Gasteiger partial charge in [-0.1, -0.05) is 18.2 Å². The van der Waals surface area contributed by atoms with Crippen molar-refractivity contribution < 1.29 is 0 Å². The Morgan fingerprint density at radius 1 is 1.33 bits per heavy atom. The van der Waals surface area contributed by atoms with Gasteiger partial charge in [-0.15, -0.1) is 0 Å². The highest BCUT2D eigenvalue weighted by molar-refractivity contribution is 5.39. The van der Waals surface area contributed by atoms with E-state index in [0.717, 1.165) is 0 Å². The molecule has 0 fully saturated rings. The van der Waals surface area contributed by atoms with Crippen LogP contribution < -0.4 is 5.73 Å². The predicted octanol–water partition coefficient (Wildman–Crippen LogP) is 2.20. The molecule has 1 nitrogen and oxygen atoms in total. The predicted molar refractivity (Wildman–Crippen MR) is 51.1 cm³/mol. The molecule has 0 amide bonds. The van der Waals surface area contributed by atoms with E-state index >= 15 is 0 Å². The summed E-state index contributed by atoms with van der Waals surface area (Å²) < 4.78 is 0. The van der Waals surface area contributed by atoms with E-state index < -0.39 is 0 Å². The third kappa shape index (κ3) is 1.14. The largest absolute Gasteiger partial charge is 0.324 e. The van der Waals surface area contributed by atoms with E-state index in [1.807, 2.05) is 0 Å². The summed E-state index contributed by atoms with van der Waals surface area (Å²) in [7, 11) is 0. The summed E-state index contributed by atoms with van der Waals surface area (Å²) in [6, 6.07) is 6.71. The number of hydrogen-bond donors (Lipinski definition) is 1. The molecule has 1 aliphatic rings. The van der Waals surface area contributed by atoms with Crippen molar-refractivity contribution in [1.82, 2.24) is 0 Å². The second kappa shape index (κ2) is 2.91. The van der Waals surface area contributed by atoms with Crippen LogP contribution in [0.25, 0.3) is 0 Å². The molecule has 1 aromatic carbocycles. The van der Waals surface area contributed by atoms with E-state index in [1.165, 1.54) is 36.0 Å². The maximum absolute atomic E-state index is 5.89. The summed E-state index contributed by atoms with van der Waals surface area (Å²) in [5.74, 6) is 0. The van der Waals surface area contributed by atoms with E-state index in [4.69, 9.17) is 5.73 Å². The molecule has 0 spiro atoms. The average Bonchev–Trinajstić information content (AvgIpc) is 2.49. The zero-order chi connectivity index (χ0) is 8.55. The minimum atomic E-state index is 0.193. The normalized spacial score (nSPS) is 17.5. The van der Waals surface area contributed by atoms with Gasteiger partial charge in [0.1, 0.15) is 0 Å². The SMILES string of the molecule is C[C@@H](N)c1cccc2c1CCC2. The molecule has 0 unspecified atom stereocenters. The Kier molecular flexibility index (Phi) is 1.89. The molecule has 12 heavy (non-hydrogen) atoms. The molecule has 0 aromatic heterocycles. The van der Waals surface area contributed by atoms with Crippen LogP contribution in [0, 0.1) is 0 Å². The summed E-state index contributed by atoms with van der Waals surface area (Å²) in [5.41, 5.74) is 10.3. The van der Waals surface area contributed by atoms with Gasteiger partial charge in [-0.2, -0.15) is 0 Å². The van der Waals surface area contributed by atoms with Crippen molar-refractivity contribution in [2.75, 3.05) is 0 Å². The van der Waals surface area contributed by atoms with E-state index in [0.29, 0.717) is 0 Å². The molecule has 1 aliphatic carbocycles. The van der Waals surface area contributed by atoms with Gasteiger partial charge in [0.05, 0.1) is 0 Å². The highest BCUT2D eigenvalue weighted by atomic mass is 14.6. The van der Waals surface area contributed by atoms with Crippen LogP contribution >= 0.6 is 0 Å². The monoisotopic (exact) mass is 161 g/mol. The molecular formula is C11H15N. The number of nitrogens with two attached hydrogens (primary N) is 1. The van der Waals surface area contributed by atoms with Crippen molar-refractivity contribution in [3.05, 3.63) is 34.9 Å². The van der Waals surface area contributed by atoms with Crippen LogP contribution in [0.15, 0.2) is 18.2 Å². The standard InChI is InChI=1S/C11H15N/c1-8(12)10-6-2-4-9-5-3-7-11(9)10/h2,4,6,8H,3,5,7,12H2,1H3/t8-/m1/s1. The Morgan fingerprint density at radius 3 is 2.92 bits per heavy atom. The van der Waals surface area contributed by atoms with Gasteiger partial charge in [0.2, 0.25) is 0 Å². The number of aryl methyl sites for hydroxylation is 1. The first kappa shape index (κ1) is 7.81. The van der Waals surface area contributed by atoms with E-state index in [2.05, 4.69) is 25.1 Å². The minimum absolute atomic E-state index is 0.193. The van der Waals surface area contributed by atoms with Gasteiger partial charge >= 0.3 is 0 Å². The number of benzene rings is 1. The molecule has 64 valence electrons. The number of fused-ring (bicyclic) bond motifs is 1. The molecule has 1 atom stereocenters. The van der Waals surface area contributed by atoms with Crippen molar-refractivity contribution in [3.8, 4) is 0 Å². The van der Waals surface area contributed by atoms with E-state index in [9.17, 15) is 0 Å². The second-order valence-corrected chi connectivity index (χ2v) is 3.63. The van der Waals surface area contributed by atoms with Crippen LogP contribution in [0.1, 0.15) is 36.1 Å². The molecule has 0 heterocycles. The highest BCUT2D eigenvalue weighted by Crippen LogP contribution is 2.27. The summed E-state index contributed by atoms with van der Waals surface area (Å²) in [5, 5.41) is 0. The van der Waals surface area contributed by atoms with Gasteiger partial charge in [0.25, 0.3) is 0 Å². The Morgan fingerprint density at radius 2 is 2.17 bits per heavy atom. The fraction of sp³-hybridized carbons (Fsp3) is 0.455. The smallest absolute Gasteiger partial charge is 0.0268 e. The lowest BCUT2D eigenvalue weighted by Crippen LogP contribution is -2.07. The maximum Gasteiger partial charge on any atom is 0.0268 e. The zero-order valence-corrected chi connectivity index (χ0v) is 7.51. The average molecular weight is 161 g/mol. The van der Waals surface area contributed by atoms with Crippen molar-refractivity contribution >= 4 is 0 Å². The molecule has 0 radical (unpaired) electrons. The van der Waals surface area contributed by atoms with Crippen LogP contribution in [0.3, 0.4) is 0 Å². The first-order valence-electron chi connectivity index (χ1n) is 4.65. The molecular weight excluding hydrogens is 146 g/mol.